The minimum Gasteiger partial charge on any atom is -0.756 e. The highest BCUT2D eigenvalue weighted by atomic mass is 31.2. The van der Waals surface area contributed by atoms with Gasteiger partial charge < -0.3 is 28.8 Å². The summed E-state index contributed by atoms with van der Waals surface area (Å²) < 4.78 is 23.2. The zero-order chi connectivity index (χ0) is 44.3. The van der Waals surface area contributed by atoms with Crippen LogP contribution < -0.4 is 10.2 Å². The van der Waals surface area contributed by atoms with Crippen molar-refractivity contribution < 1.29 is 32.9 Å². The van der Waals surface area contributed by atoms with Crippen LogP contribution in [0.5, 0.6) is 0 Å². The summed E-state index contributed by atoms with van der Waals surface area (Å²) in [7, 11) is 1.22. The Morgan fingerprint density at radius 3 is 1.45 bits per heavy atom. The molecular weight excluding hydrogens is 768 g/mol. The number of nitrogens with one attached hydrogen (secondary N) is 1. The molecule has 0 saturated heterocycles. The Hall–Kier alpha value is -1.80. The molecule has 2 N–H and O–H groups in total. The van der Waals surface area contributed by atoms with Gasteiger partial charge in [0.25, 0.3) is 7.82 Å². The monoisotopic (exact) mass is 863 g/mol. The van der Waals surface area contributed by atoms with Crippen molar-refractivity contribution in [3.63, 3.8) is 0 Å². The van der Waals surface area contributed by atoms with Crippen molar-refractivity contribution in [2.45, 2.75) is 219 Å². The number of aliphatic hydroxyl groups excluding tert-OH is 1. The van der Waals surface area contributed by atoms with E-state index in [1.165, 1.54) is 122 Å². The second-order valence-electron chi connectivity index (χ2n) is 17.8. The van der Waals surface area contributed by atoms with Crippen LogP contribution in [0.15, 0.2) is 60.8 Å². The van der Waals surface area contributed by atoms with Gasteiger partial charge in [-0.15, -0.1) is 0 Å². The van der Waals surface area contributed by atoms with E-state index in [1.807, 2.05) is 27.2 Å². The number of allylic oxidation sites excluding steroid dienone is 9. The number of phosphoric acid groups is 1. The fourth-order valence-electron chi connectivity index (χ4n) is 6.74. The number of amides is 1. The third kappa shape index (κ3) is 44.3. The average molecular weight is 863 g/mol. The SMILES string of the molecule is CCCCCCC/C=C/CC/C=C/CC/C=C/C(O)C(COP(=O)([O-])OCC[N+](C)(C)C)NC(=O)CCCCCCCCC/C=C\C/C=C\CCCCCCCCCCC. The first kappa shape index (κ1) is 58.2. The molecule has 0 radical (unpaired) electrons. The number of hydrogen-bond donors (Lipinski definition) is 2. The van der Waals surface area contributed by atoms with Gasteiger partial charge in [-0.25, -0.2) is 0 Å². The van der Waals surface area contributed by atoms with Crippen LogP contribution in [-0.4, -0.2) is 68.5 Å². The zero-order valence-corrected chi connectivity index (χ0v) is 40.5. The highest BCUT2D eigenvalue weighted by Crippen LogP contribution is 2.38. The molecule has 0 aliphatic rings. The first-order valence-electron chi connectivity index (χ1n) is 24.7. The number of carbonyl (C=O) groups is 1. The van der Waals surface area contributed by atoms with Gasteiger partial charge in [-0.1, -0.05) is 184 Å². The Labute approximate surface area is 371 Å². The molecule has 0 saturated carbocycles. The van der Waals surface area contributed by atoms with Crippen LogP contribution in [0.25, 0.3) is 0 Å². The van der Waals surface area contributed by atoms with E-state index in [4.69, 9.17) is 9.05 Å². The lowest BCUT2D eigenvalue weighted by atomic mass is 10.1. The first-order valence-corrected chi connectivity index (χ1v) is 26.1. The number of unbranched alkanes of at least 4 members (excludes halogenated alkanes) is 23. The van der Waals surface area contributed by atoms with Crippen LogP contribution >= 0.6 is 7.82 Å². The molecule has 0 fully saturated rings. The molecular formula is C51H95N2O6P. The Balaban J connectivity index is 4.38. The third-order valence-electron chi connectivity index (χ3n) is 10.7. The maximum atomic E-state index is 12.9. The van der Waals surface area contributed by atoms with Gasteiger partial charge in [0.05, 0.1) is 39.9 Å². The van der Waals surface area contributed by atoms with E-state index in [0.717, 1.165) is 64.2 Å². The lowest BCUT2D eigenvalue weighted by Gasteiger charge is -2.29. The highest BCUT2D eigenvalue weighted by Gasteiger charge is 2.23. The molecule has 0 aromatic carbocycles. The van der Waals surface area contributed by atoms with Crippen molar-refractivity contribution in [2.24, 2.45) is 0 Å². The topological polar surface area (TPSA) is 108 Å². The molecule has 3 atom stereocenters. The Morgan fingerprint density at radius 2 is 0.983 bits per heavy atom. The highest BCUT2D eigenvalue weighted by molar-refractivity contribution is 7.45. The van der Waals surface area contributed by atoms with Crippen molar-refractivity contribution in [3.8, 4) is 0 Å². The quantitative estimate of drug-likeness (QED) is 0.0273. The molecule has 9 heteroatoms. The smallest absolute Gasteiger partial charge is 0.268 e. The van der Waals surface area contributed by atoms with Gasteiger partial charge in [0.1, 0.15) is 13.2 Å². The van der Waals surface area contributed by atoms with Gasteiger partial charge in [0, 0.05) is 6.42 Å². The second-order valence-corrected chi connectivity index (χ2v) is 19.2. The summed E-state index contributed by atoms with van der Waals surface area (Å²) in [5.74, 6) is -0.221. The summed E-state index contributed by atoms with van der Waals surface area (Å²) in [4.78, 5) is 25.4. The van der Waals surface area contributed by atoms with Crippen molar-refractivity contribution in [2.75, 3.05) is 40.9 Å². The molecule has 0 spiro atoms. The Kier molecular flexibility index (Phi) is 41.2. The number of quaternary nitrogens is 1. The molecule has 1 amide bonds. The van der Waals surface area contributed by atoms with Gasteiger partial charge in [0.2, 0.25) is 5.91 Å². The number of carbonyl (C=O) groups excluding carboxylic acids is 1. The standard InChI is InChI=1S/C51H95N2O6P/c1-6-8-10-12-14-16-18-20-22-23-24-25-26-27-28-29-31-33-35-37-39-41-43-45-51(55)52-49(48-59-60(56,57)58-47-46-53(3,4)5)50(54)44-42-40-38-36-34-32-30-21-19-17-15-13-11-9-7-2/h19,21,24-25,27-28,34,36,42,44,49-50,54H,6-18,20,22-23,26,29-33,35,37-41,43,45-48H2,1-5H3,(H-,52,55,56,57)/b21-19+,25-24-,28-27-,36-34+,44-42+. The minimum absolute atomic E-state index is 0.0128. The van der Waals surface area contributed by atoms with Crippen LogP contribution in [0.1, 0.15) is 206 Å². The van der Waals surface area contributed by atoms with E-state index in [0.29, 0.717) is 17.4 Å². The summed E-state index contributed by atoms with van der Waals surface area (Å²) in [6.45, 7) is 4.59. The van der Waals surface area contributed by atoms with E-state index in [-0.39, 0.29) is 12.5 Å². The van der Waals surface area contributed by atoms with Crippen molar-refractivity contribution in [1.82, 2.24) is 5.32 Å². The van der Waals surface area contributed by atoms with Crippen LogP contribution in [0.3, 0.4) is 0 Å². The number of aliphatic hydroxyl groups is 1. The molecule has 0 rings (SSSR count). The Morgan fingerprint density at radius 1 is 0.583 bits per heavy atom. The number of rotatable bonds is 44. The maximum Gasteiger partial charge on any atom is 0.268 e. The number of nitrogens with zero attached hydrogens (tertiary/aromatic N) is 1. The Bertz CT molecular complexity index is 1160. The van der Waals surface area contributed by atoms with Gasteiger partial charge in [-0.3, -0.25) is 9.36 Å². The van der Waals surface area contributed by atoms with E-state index < -0.39 is 26.6 Å². The lowest BCUT2D eigenvalue weighted by Crippen LogP contribution is -2.45. The van der Waals surface area contributed by atoms with Crippen LogP contribution in [0, 0.1) is 0 Å². The number of hydrogen-bond acceptors (Lipinski definition) is 6. The van der Waals surface area contributed by atoms with Crippen molar-refractivity contribution >= 4 is 13.7 Å². The zero-order valence-electron chi connectivity index (χ0n) is 39.6. The van der Waals surface area contributed by atoms with Gasteiger partial charge >= 0.3 is 0 Å². The van der Waals surface area contributed by atoms with E-state index in [2.05, 4.69) is 67.8 Å². The van der Waals surface area contributed by atoms with Crippen molar-refractivity contribution in [3.05, 3.63) is 60.8 Å². The maximum absolute atomic E-state index is 12.9. The molecule has 0 aromatic rings. The number of phosphoric ester groups is 1. The second kappa shape index (κ2) is 42.5. The molecule has 350 valence electrons. The van der Waals surface area contributed by atoms with E-state index in [1.54, 1.807) is 6.08 Å². The third-order valence-corrected chi connectivity index (χ3v) is 11.6. The summed E-state index contributed by atoms with van der Waals surface area (Å²) in [6.07, 6.45) is 55.6. The first-order chi connectivity index (χ1) is 29.0. The molecule has 0 aliphatic heterocycles. The molecule has 60 heavy (non-hydrogen) atoms. The molecule has 0 aliphatic carbocycles. The van der Waals surface area contributed by atoms with Crippen molar-refractivity contribution in [1.29, 1.82) is 0 Å². The van der Waals surface area contributed by atoms with Gasteiger partial charge in [0.15, 0.2) is 0 Å². The number of likely N-dealkylation sites (N-methyl/N-ethyl adjacent to an activating group) is 1. The fourth-order valence-corrected chi connectivity index (χ4v) is 7.47. The summed E-state index contributed by atoms with van der Waals surface area (Å²) in [6, 6.07) is -0.915. The van der Waals surface area contributed by atoms with E-state index >= 15 is 0 Å². The largest absolute Gasteiger partial charge is 0.756 e. The normalized spacial score (nSPS) is 14.7. The molecule has 0 heterocycles. The fraction of sp³-hybridized carbons (Fsp3) is 0.784. The minimum atomic E-state index is -4.61. The van der Waals surface area contributed by atoms with Gasteiger partial charge in [-0.05, 0) is 77.0 Å². The van der Waals surface area contributed by atoms with E-state index in [9.17, 15) is 19.4 Å². The molecule has 3 unspecified atom stereocenters. The molecule has 0 bridgehead atoms. The summed E-state index contributed by atoms with van der Waals surface area (Å²) in [5.41, 5.74) is 0. The van der Waals surface area contributed by atoms with Crippen LogP contribution in [0.4, 0.5) is 0 Å². The summed E-state index contributed by atoms with van der Waals surface area (Å²) >= 11 is 0. The predicted octanol–water partition coefficient (Wildman–Crippen LogP) is 13.6. The predicted molar refractivity (Wildman–Crippen MR) is 256 cm³/mol. The van der Waals surface area contributed by atoms with Crippen LogP contribution in [0.2, 0.25) is 0 Å². The molecule has 8 nitrogen and oxygen atoms in total. The average Bonchev–Trinajstić information content (AvgIpc) is 3.20. The lowest BCUT2D eigenvalue weighted by molar-refractivity contribution is -0.870. The summed E-state index contributed by atoms with van der Waals surface area (Å²) in [5, 5.41) is 13.8. The molecule has 0 aromatic heterocycles. The van der Waals surface area contributed by atoms with Crippen LogP contribution in [-0.2, 0) is 18.4 Å². The van der Waals surface area contributed by atoms with Gasteiger partial charge in [-0.2, -0.15) is 0 Å².